The number of rotatable bonds is 6. The van der Waals surface area contributed by atoms with Crippen LogP contribution in [0.4, 0.5) is 18.9 Å². The number of carbonyl (C=O) groups excluding carboxylic acids is 1. The molecule has 4 rings (SSSR count). The standard InChI is InChI=1S/C31H32F3N5O2S/c1-20(2)18-39-15-7-6-8-24(39)13-11-22-16-23(31(32,33)34)12-14-25(22)27-17-29(36-19-35-27)41-28-10-5-4-9-26(28)38-30(42)37-21(3)40/h4-5,9-10,12,14,16-17,19-20,24H,6-8,15,18H2,1-3H3,(H2,37,38,40,42). The number of likely N-dealkylation sites (tertiary alicyclic amines) is 1. The number of benzene rings is 2. The van der Waals surface area contributed by atoms with Crippen molar-refractivity contribution in [2.24, 2.45) is 5.92 Å². The average molecular weight is 596 g/mol. The molecule has 1 saturated heterocycles. The van der Waals surface area contributed by atoms with Crippen LogP contribution < -0.4 is 15.4 Å². The predicted octanol–water partition coefficient (Wildman–Crippen LogP) is 6.65. The Morgan fingerprint density at radius 2 is 1.95 bits per heavy atom. The summed E-state index contributed by atoms with van der Waals surface area (Å²) >= 11 is 5.15. The topological polar surface area (TPSA) is 79.4 Å². The van der Waals surface area contributed by atoms with Gasteiger partial charge in [-0.1, -0.05) is 43.9 Å². The van der Waals surface area contributed by atoms with Gasteiger partial charge >= 0.3 is 6.18 Å². The number of hydrogen-bond donors (Lipinski definition) is 2. The van der Waals surface area contributed by atoms with Crippen molar-refractivity contribution in [2.75, 3.05) is 18.4 Å². The van der Waals surface area contributed by atoms with Crippen LogP contribution in [0.2, 0.25) is 0 Å². The Labute approximate surface area is 248 Å². The molecule has 0 spiro atoms. The number of nitrogens with zero attached hydrogens (tertiary/aromatic N) is 3. The molecule has 1 unspecified atom stereocenters. The maximum Gasteiger partial charge on any atom is 0.416 e. The van der Waals surface area contributed by atoms with Crippen LogP contribution in [0.25, 0.3) is 11.3 Å². The van der Waals surface area contributed by atoms with Crippen LogP contribution in [-0.2, 0) is 11.0 Å². The molecule has 42 heavy (non-hydrogen) atoms. The largest absolute Gasteiger partial charge is 0.437 e. The minimum atomic E-state index is -4.52. The Bertz CT molecular complexity index is 1500. The van der Waals surface area contributed by atoms with E-state index in [1.54, 1.807) is 30.3 Å². The fraction of sp³-hybridized carbons (Fsp3) is 0.355. The summed E-state index contributed by atoms with van der Waals surface area (Å²) in [5.41, 5.74) is 0.731. The highest BCUT2D eigenvalue weighted by molar-refractivity contribution is 7.80. The maximum atomic E-state index is 13.7. The number of halogens is 3. The summed E-state index contributed by atoms with van der Waals surface area (Å²) in [6.07, 6.45) is -0.248. The van der Waals surface area contributed by atoms with Gasteiger partial charge in [0.15, 0.2) is 10.9 Å². The van der Waals surface area contributed by atoms with Crippen LogP contribution in [0.1, 0.15) is 51.2 Å². The third-order valence-electron chi connectivity index (χ3n) is 6.49. The zero-order chi connectivity index (χ0) is 30.3. The monoisotopic (exact) mass is 595 g/mol. The van der Waals surface area contributed by atoms with Gasteiger partial charge in [0.05, 0.1) is 23.0 Å². The van der Waals surface area contributed by atoms with Gasteiger partial charge in [0.1, 0.15) is 6.33 Å². The van der Waals surface area contributed by atoms with Crippen molar-refractivity contribution in [3.8, 4) is 34.7 Å². The molecule has 0 saturated carbocycles. The summed E-state index contributed by atoms with van der Waals surface area (Å²) in [5.74, 6) is 6.98. The zero-order valence-corrected chi connectivity index (χ0v) is 24.4. The molecule has 0 aliphatic carbocycles. The van der Waals surface area contributed by atoms with E-state index < -0.39 is 11.7 Å². The molecular weight excluding hydrogens is 563 g/mol. The van der Waals surface area contributed by atoms with E-state index in [1.807, 2.05) is 0 Å². The zero-order valence-electron chi connectivity index (χ0n) is 23.6. The molecule has 1 amide bonds. The molecule has 7 nitrogen and oxygen atoms in total. The SMILES string of the molecule is CC(=O)NC(=S)Nc1ccccc1Oc1cc(-c2ccc(C(F)(F)F)cc2C#CC2CCCCN2CC(C)C)ncn1. The molecule has 1 atom stereocenters. The Kier molecular flexibility index (Phi) is 10.1. The van der Waals surface area contributed by atoms with E-state index in [1.165, 1.54) is 19.3 Å². The highest BCUT2D eigenvalue weighted by Crippen LogP contribution is 2.34. The van der Waals surface area contributed by atoms with Crippen molar-refractivity contribution in [3.05, 3.63) is 66.0 Å². The Morgan fingerprint density at radius 3 is 2.69 bits per heavy atom. The van der Waals surface area contributed by atoms with Gasteiger partial charge in [0, 0.05) is 30.7 Å². The van der Waals surface area contributed by atoms with Crippen LogP contribution in [0.3, 0.4) is 0 Å². The Morgan fingerprint density at radius 1 is 1.17 bits per heavy atom. The lowest BCUT2D eigenvalue weighted by Gasteiger charge is -2.33. The summed E-state index contributed by atoms with van der Waals surface area (Å²) in [6, 6.07) is 11.9. The molecule has 1 fully saturated rings. The number of carbonyl (C=O) groups is 1. The second-order valence-corrected chi connectivity index (χ2v) is 10.8. The summed E-state index contributed by atoms with van der Waals surface area (Å²) in [6.45, 7) is 7.43. The van der Waals surface area contributed by atoms with E-state index in [0.717, 1.165) is 44.5 Å². The number of nitrogens with one attached hydrogen (secondary N) is 2. The number of thiocarbonyl (C=S) groups is 1. The van der Waals surface area contributed by atoms with E-state index in [0.29, 0.717) is 28.6 Å². The fourth-order valence-corrected chi connectivity index (χ4v) is 4.93. The molecule has 0 bridgehead atoms. The second kappa shape index (κ2) is 13.8. The summed E-state index contributed by atoms with van der Waals surface area (Å²) < 4.78 is 47.0. The first kappa shape index (κ1) is 30.9. The smallest absolute Gasteiger partial charge is 0.416 e. The number of para-hydroxylation sites is 2. The molecule has 11 heteroatoms. The van der Waals surface area contributed by atoms with E-state index in [-0.39, 0.29) is 28.5 Å². The van der Waals surface area contributed by atoms with Crippen LogP contribution in [0.15, 0.2) is 54.9 Å². The summed E-state index contributed by atoms with van der Waals surface area (Å²) in [7, 11) is 0. The lowest BCUT2D eigenvalue weighted by molar-refractivity contribution is -0.137. The van der Waals surface area contributed by atoms with Gasteiger partial charge in [-0.25, -0.2) is 9.97 Å². The first-order chi connectivity index (χ1) is 20.0. The molecule has 3 aromatic rings. The van der Waals surface area contributed by atoms with Crippen molar-refractivity contribution in [1.82, 2.24) is 20.2 Å². The van der Waals surface area contributed by atoms with Gasteiger partial charge in [0.25, 0.3) is 0 Å². The lowest BCUT2D eigenvalue weighted by atomic mass is 9.98. The molecule has 2 aromatic carbocycles. The first-order valence-corrected chi connectivity index (χ1v) is 14.0. The second-order valence-electron chi connectivity index (χ2n) is 10.4. The van der Waals surface area contributed by atoms with E-state index in [2.05, 4.69) is 51.2 Å². The Balaban J connectivity index is 1.67. The Hall–Kier alpha value is -4.01. The number of amides is 1. The lowest BCUT2D eigenvalue weighted by Crippen LogP contribution is -2.40. The molecular formula is C31H32F3N5O2S. The quantitative estimate of drug-likeness (QED) is 0.244. The number of hydrogen-bond acceptors (Lipinski definition) is 6. The van der Waals surface area contributed by atoms with Crippen LogP contribution in [-0.4, -0.2) is 45.0 Å². The number of ether oxygens (including phenoxy) is 1. The van der Waals surface area contributed by atoms with Gasteiger partial charge in [-0.05, 0) is 68.2 Å². The molecule has 2 heterocycles. The first-order valence-electron chi connectivity index (χ1n) is 13.6. The number of aromatic nitrogens is 2. The maximum absolute atomic E-state index is 13.7. The van der Waals surface area contributed by atoms with Crippen LogP contribution in [0, 0.1) is 17.8 Å². The molecule has 1 aliphatic rings. The minimum Gasteiger partial charge on any atom is -0.437 e. The average Bonchev–Trinajstić information content (AvgIpc) is 2.92. The normalized spacial score (nSPS) is 15.5. The number of piperidine rings is 1. The van der Waals surface area contributed by atoms with E-state index >= 15 is 0 Å². The van der Waals surface area contributed by atoms with Crippen molar-refractivity contribution in [1.29, 1.82) is 0 Å². The molecule has 0 radical (unpaired) electrons. The minimum absolute atomic E-state index is 0.0274. The molecule has 1 aromatic heterocycles. The molecule has 1 aliphatic heterocycles. The fourth-order valence-electron chi connectivity index (χ4n) is 4.68. The van der Waals surface area contributed by atoms with E-state index in [4.69, 9.17) is 17.0 Å². The highest BCUT2D eigenvalue weighted by Gasteiger charge is 2.31. The van der Waals surface area contributed by atoms with E-state index in [9.17, 15) is 18.0 Å². The summed E-state index contributed by atoms with van der Waals surface area (Å²) in [4.78, 5) is 22.2. The van der Waals surface area contributed by atoms with Crippen molar-refractivity contribution >= 4 is 28.9 Å². The summed E-state index contributed by atoms with van der Waals surface area (Å²) in [5, 5.41) is 5.49. The highest BCUT2D eigenvalue weighted by atomic mass is 32.1. The van der Waals surface area contributed by atoms with Crippen LogP contribution >= 0.6 is 12.2 Å². The third-order valence-corrected chi connectivity index (χ3v) is 6.70. The molecule has 220 valence electrons. The number of anilines is 1. The van der Waals surface area contributed by atoms with Crippen LogP contribution in [0.5, 0.6) is 11.6 Å². The predicted molar refractivity (Wildman–Crippen MR) is 160 cm³/mol. The van der Waals surface area contributed by atoms with Gasteiger partial charge in [-0.15, -0.1) is 0 Å². The van der Waals surface area contributed by atoms with Gasteiger partial charge in [0.2, 0.25) is 11.8 Å². The van der Waals surface area contributed by atoms with Crippen molar-refractivity contribution < 1.29 is 22.7 Å². The van der Waals surface area contributed by atoms with Crippen molar-refractivity contribution in [2.45, 2.75) is 52.3 Å². The molecule has 2 N–H and O–H groups in total. The van der Waals surface area contributed by atoms with Gasteiger partial charge < -0.3 is 15.4 Å². The van der Waals surface area contributed by atoms with Gasteiger partial charge in [-0.3, -0.25) is 9.69 Å². The third kappa shape index (κ3) is 8.50. The number of alkyl halides is 3. The van der Waals surface area contributed by atoms with Gasteiger partial charge in [-0.2, -0.15) is 13.2 Å². The van der Waals surface area contributed by atoms with Crippen molar-refractivity contribution in [3.63, 3.8) is 0 Å².